The van der Waals surface area contributed by atoms with Crippen molar-refractivity contribution in [2.24, 2.45) is 7.05 Å². The first-order valence-corrected chi connectivity index (χ1v) is 6.07. The zero-order valence-corrected chi connectivity index (χ0v) is 10.5. The summed E-state index contributed by atoms with van der Waals surface area (Å²) >= 11 is 0. The van der Waals surface area contributed by atoms with Gasteiger partial charge in [-0.05, 0) is 37.9 Å². The summed E-state index contributed by atoms with van der Waals surface area (Å²) in [7, 11) is 1.92. The van der Waals surface area contributed by atoms with Gasteiger partial charge in [0, 0.05) is 25.3 Å². The van der Waals surface area contributed by atoms with Crippen molar-refractivity contribution in [3.05, 3.63) is 23.0 Å². The number of rotatable bonds is 3. The largest absolute Gasteiger partial charge is 0.395 e. The van der Waals surface area contributed by atoms with Gasteiger partial charge < -0.3 is 9.67 Å². The molecule has 0 spiro atoms. The molecule has 1 aromatic rings. The van der Waals surface area contributed by atoms with Crippen molar-refractivity contribution in [3.8, 4) is 6.07 Å². The molecule has 92 valence electrons. The van der Waals surface area contributed by atoms with Crippen molar-refractivity contribution < 1.29 is 5.11 Å². The van der Waals surface area contributed by atoms with Crippen LogP contribution in [0.2, 0.25) is 0 Å². The first-order chi connectivity index (χ1) is 8.17. The van der Waals surface area contributed by atoms with E-state index in [2.05, 4.69) is 11.0 Å². The van der Waals surface area contributed by atoms with E-state index in [1.54, 1.807) is 0 Å². The molecule has 0 bridgehead atoms. The normalized spacial score (nSPS) is 20.7. The molecule has 1 aliphatic heterocycles. The molecule has 0 saturated carbocycles. The van der Waals surface area contributed by atoms with Gasteiger partial charge >= 0.3 is 0 Å². The highest BCUT2D eigenvalue weighted by Crippen LogP contribution is 2.22. The highest BCUT2D eigenvalue weighted by molar-refractivity contribution is 5.34. The second-order valence-corrected chi connectivity index (χ2v) is 4.76. The van der Waals surface area contributed by atoms with Crippen LogP contribution in [0.25, 0.3) is 0 Å². The van der Waals surface area contributed by atoms with Crippen molar-refractivity contribution in [3.63, 3.8) is 0 Å². The van der Waals surface area contributed by atoms with Gasteiger partial charge in [0.05, 0.1) is 6.61 Å². The van der Waals surface area contributed by atoms with E-state index < -0.39 is 0 Å². The molecule has 4 nitrogen and oxygen atoms in total. The van der Waals surface area contributed by atoms with Crippen molar-refractivity contribution in [2.75, 3.05) is 13.2 Å². The van der Waals surface area contributed by atoms with Gasteiger partial charge in [-0.3, -0.25) is 4.90 Å². The number of nitriles is 1. The molecule has 2 rings (SSSR count). The SMILES string of the molecule is Cc1c(CN2CCC[C@@H]2CO)cc(C#N)n1C. The van der Waals surface area contributed by atoms with E-state index in [9.17, 15) is 5.11 Å². The van der Waals surface area contributed by atoms with Crippen LogP contribution in [0.5, 0.6) is 0 Å². The molecule has 0 aliphatic carbocycles. The zero-order chi connectivity index (χ0) is 12.4. The van der Waals surface area contributed by atoms with Crippen LogP contribution < -0.4 is 0 Å². The number of aliphatic hydroxyl groups is 1. The Hall–Kier alpha value is -1.31. The molecule has 0 radical (unpaired) electrons. The Labute approximate surface area is 102 Å². The molecule has 0 unspecified atom stereocenters. The van der Waals surface area contributed by atoms with Crippen molar-refractivity contribution in [1.29, 1.82) is 5.26 Å². The maximum atomic E-state index is 9.29. The zero-order valence-electron chi connectivity index (χ0n) is 10.5. The molecule has 1 saturated heterocycles. The third-order valence-electron chi connectivity index (χ3n) is 3.84. The number of hydrogen-bond donors (Lipinski definition) is 1. The van der Waals surface area contributed by atoms with Gasteiger partial charge in [0.2, 0.25) is 0 Å². The second-order valence-electron chi connectivity index (χ2n) is 4.76. The van der Waals surface area contributed by atoms with E-state index in [4.69, 9.17) is 5.26 Å². The molecule has 1 fully saturated rings. The minimum atomic E-state index is 0.233. The molecular weight excluding hydrogens is 214 g/mol. The van der Waals surface area contributed by atoms with E-state index in [1.807, 2.05) is 24.6 Å². The highest BCUT2D eigenvalue weighted by Gasteiger charge is 2.24. The van der Waals surface area contributed by atoms with Crippen LogP contribution in [-0.2, 0) is 13.6 Å². The van der Waals surface area contributed by atoms with Crippen molar-refractivity contribution in [2.45, 2.75) is 32.4 Å². The van der Waals surface area contributed by atoms with E-state index in [0.717, 1.165) is 31.6 Å². The second kappa shape index (κ2) is 4.91. The number of likely N-dealkylation sites (tertiary alicyclic amines) is 1. The van der Waals surface area contributed by atoms with Gasteiger partial charge in [-0.25, -0.2) is 0 Å². The van der Waals surface area contributed by atoms with Crippen molar-refractivity contribution in [1.82, 2.24) is 9.47 Å². The Bertz CT molecular complexity index is 444. The lowest BCUT2D eigenvalue weighted by molar-refractivity contribution is 0.153. The summed E-state index contributed by atoms with van der Waals surface area (Å²) in [5.41, 5.74) is 3.05. The summed E-state index contributed by atoms with van der Waals surface area (Å²) in [6.07, 6.45) is 2.23. The fraction of sp³-hybridized carbons (Fsp3) is 0.615. The van der Waals surface area contributed by atoms with Gasteiger partial charge in [0.15, 0.2) is 0 Å². The Balaban J connectivity index is 2.16. The van der Waals surface area contributed by atoms with Crippen LogP contribution in [0, 0.1) is 18.3 Å². The Morgan fingerprint density at radius 1 is 1.59 bits per heavy atom. The van der Waals surface area contributed by atoms with Gasteiger partial charge in [0.25, 0.3) is 0 Å². The summed E-state index contributed by atoms with van der Waals surface area (Å²) in [4.78, 5) is 2.31. The predicted octanol–water partition coefficient (Wildman–Crippen LogP) is 1.16. The summed E-state index contributed by atoms with van der Waals surface area (Å²) < 4.78 is 1.93. The summed E-state index contributed by atoms with van der Waals surface area (Å²) in [6, 6.07) is 4.45. The standard InChI is InChI=1S/C13H19N3O/c1-10-11(6-13(7-14)15(10)2)8-16-5-3-4-12(16)9-17/h6,12,17H,3-5,8-9H2,1-2H3/t12-/m1/s1. The third-order valence-corrected chi connectivity index (χ3v) is 3.84. The molecule has 1 N–H and O–H groups in total. The summed E-state index contributed by atoms with van der Waals surface area (Å²) in [5.74, 6) is 0. The average Bonchev–Trinajstić information content (AvgIpc) is 2.89. The minimum Gasteiger partial charge on any atom is -0.395 e. The average molecular weight is 233 g/mol. The molecule has 17 heavy (non-hydrogen) atoms. The molecule has 4 heteroatoms. The Kier molecular flexibility index (Phi) is 3.51. The van der Waals surface area contributed by atoms with Gasteiger partial charge in [-0.1, -0.05) is 0 Å². The molecule has 0 amide bonds. The molecule has 1 aromatic heterocycles. The fourth-order valence-corrected chi connectivity index (χ4v) is 2.56. The summed E-state index contributed by atoms with van der Waals surface area (Å²) in [5, 5.41) is 18.3. The highest BCUT2D eigenvalue weighted by atomic mass is 16.3. The first kappa shape index (κ1) is 12.2. The lowest BCUT2D eigenvalue weighted by atomic mass is 10.2. The number of aromatic nitrogens is 1. The smallest absolute Gasteiger partial charge is 0.120 e. The molecular formula is C13H19N3O. The maximum absolute atomic E-state index is 9.29. The predicted molar refractivity (Wildman–Crippen MR) is 65.4 cm³/mol. The van der Waals surface area contributed by atoms with E-state index in [0.29, 0.717) is 11.7 Å². The van der Waals surface area contributed by atoms with E-state index >= 15 is 0 Å². The van der Waals surface area contributed by atoms with Gasteiger partial charge in [-0.2, -0.15) is 5.26 Å². The molecule has 1 aliphatic rings. The van der Waals surface area contributed by atoms with Crippen molar-refractivity contribution >= 4 is 0 Å². The van der Waals surface area contributed by atoms with Crippen LogP contribution in [0.3, 0.4) is 0 Å². The lowest BCUT2D eigenvalue weighted by Gasteiger charge is -2.22. The van der Waals surface area contributed by atoms with Crippen LogP contribution in [0.1, 0.15) is 29.8 Å². The Morgan fingerprint density at radius 2 is 2.35 bits per heavy atom. The fourth-order valence-electron chi connectivity index (χ4n) is 2.56. The van der Waals surface area contributed by atoms with E-state index in [1.165, 1.54) is 5.56 Å². The molecule has 2 heterocycles. The lowest BCUT2D eigenvalue weighted by Crippen LogP contribution is -2.31. The van der Waals surface area contributed by atoms with Gasteiger partial charge in [0.1, 0.15) is 11.8 Å². The van der Waals surface area contributed by atoms with Crippen LogP contribution >= 0.6 is 0 Å². The monoisotopic (exact) mass is 233 g/mol. The minimum absolute atomic E-state index is 0.233. The van der Waals surface area contributed by atoms with E-state index in [-0.39, 0.29) is 6.61 Å². The maximum Gasteiger partial charge on any atom is 0.120 e. The number of aliphatic hydroxyl groups excluding tert-OH is 1. The molecule has 0 aromatic carbocycles. The quantitative estimate of drug-likeness (QED) is 0.852. The van der Waals surface area contributed by atoms with Crippen LogP contribution in [0.15, 0.2) is 6.07 Å². The Morgan fingerprint density at radius 3 is 2.94 bits per heavy atom. The first-order valence-electron chi connectivity index (χ1n) is 6.07. The van der Waals surface area contributed by atoms with Crippen LogP contribution in [-0.4, -0.2) is 33.8 Å². The topological polar surface area (TPSA) is 52.2 Å². The third kappa shape index (κ3) is 2.21. The summed E-state index contributed by atoms with van der Waals surface area (Å²) in [6.45, 7) is 4.16. The van der Waals surface area contributed by atoms with Crippen LogP contribution in [0.4, 0.5) is 0 Å². The van der Waals surface area contributed by atoms with Gasteiger partial charge in [-0.15, -0.1) is 0 Å². The molecule has 1 atom stereocenters. The number of nitrogens with zero attached hydrogens (tertiary/aromatic N) is 3. The number of hydrogen-bond acceptors (Lipinski definition) is 3.